The van der Waals surface area contributed by atoms with Crippen LogP contribution >= 0.6 is 0 Å². The summed E-state index contributed by atoms with van der Waals surface area (Å²) in [5.74, 6) is -0.380. The van der Waals surface area contributed by atoms with E-state index in [1.54, 1.807) is 0 Å². The highest BCUT2D eigenvalue weighted by atomic mass is 32.2. The highest BCUT2D eigenvalue weighted by molar-refractivity contribution is 7.89. The largest absolute Gasteiger partial charge is 0.356 e. The molecule has 1 aromatic heterocycles. The summed E-state index contributed by atoms with van der Waals surface area (Å²) in [4.78, 5) is 15.9. The minimum absolute atomic E-state index is 0.122. The molecule has 4 rings (SSSR count). The van der Waals surface area contributed by atoms with Gasteiger partial charge < -0.3 is 4.98 Å². The van der Waals surface area contributed by atoms with Gasteiger partial charge in [0.2, 0.25) is 10.0 Å². The zero-order valence-corrected chi connectivity index (χ0v) is 18.0. The number of hydrazine groups is 1. The van der Waals surface area contributed by atoms with E-state index >= 15 is 0 Å². The molecule has 0 aliphatic carbocycles. The number of amides is 1. The second kappa shape index (κ2) is 9.47. The number of hydrogen-bond donors (Lipinski definition) is 2. The summed E-state index contributed by atoms with van der Waals surface area (Å²) >= 11 is 0. The van der Waals surface area contributed by atoms with Gasteiger partial charge in [0.05, 0.1) is 0 Å². The van der Waals surface area contributed by atoms with Crippen LogP contribution in [0.1, 0.15) is 34.5 Å². The Bertz CT molecular complexity index is 1070. The molecule has 7 nitrogen and oxygen atoms in total. The third-order valence-corrected chi connectivity index (χ3v) is 7.17. The highest BCUT2D eigenvalue weighted by Gasteiger charge is 2.28. The number of H-pyrrole nitrogens is 1. The number of aromatic amines is 1. The van der Waals surface area contributed by atoms with Gasteiger partial charge in [-0.15, -0.1) is 0 Å². The minimum Gasteiger partial charge on any atom is -0.356 e. The van der Waals surface area contributed by atoms with Crippen molar-refractivity contribution in [3.05, 3.63) is 89.7 Å². The number of nitrogens with one attached hydrogen (secondary N) is 2. The van der Waals surface area contributed by atoms with Crippen LogP contribution in [0.15, 0.2) is 77.8 Å². The van der Waals surface area contributed by atoms with Crippen molar-refractivity contribution in [1.29, 1.82) is 0 Å². The molecule has 0 saturated carbocycles. The first-order valence-corrected chi connectivity index (χ1v) is 11.8. The molecule has 1 aliphatic heterocycles. The van der Waals surface area contributed by atoms with Crippen molar-refractivity contribution in [1.82, 2.24) is 19.7 Å². The summed E-state index contributed by atoms with van der Waals surface area (Å²) in [6.45, 7) is 2.08. The first kappa shape index (κ1) is 21.3. The molecule has 0 spiro atoms. The van der Waals surface area contributed by atoms with E-state index in [0.29, 0.717) is 26.2 Å². The van der Waals surface area contributed by atoms with Crippen molar-refractivity contribution in [3.63, 3.8) is 0 Å². The van der Waals surface area contributed by atoms with Gasteiger partial charge in [-0.1, -0.05) is 60.7 Å². The second-order valence-corrected chi connectivity index (χ2v) is 9.57. The number of sulfonamides is 1. The Balaban J connectivity index is 1.50. The van der Waals surface area contributed by atoms with Crippen LogP contribution in [-0.4, -0.2) is 41.7 Å². The number of carbonyl (C=O) groups is 1. The van der Waals surface area contributed by atoms with Crippen molar-refractivity contribution >= 4 is 15.9 Å². The second-order valence-electron chi connectivity index (χ2n) is 7.63. The van der Waals surface area contributed by atoms with Crippen LogP contribution in [0.25, 0.3) is 0 Å². The summed E-state index contributed by atoms with van der Waals surface area (Å²) in [7, 11) is -3.57. The molecule has 0 radical (unpaired) electrons. The molecule has 8 heteroatoms. The maximum absolute atomic E-state index is 12.9. The van der Waals surface area contributed by atoms with E-state index in [0.717, 1.165) is 24.0 Å². The summed E-state index contributed by atoms with van der Waals surface area (Å²) < 4.78 is 26.9. The number of hydrogen-bond acceptors (Lipinski definition) is 4. The zero-order chi connectivity index (χ0) is 21.7. The van der Waals surface area contributed by atoms with Crippen molar-refractivity contribution < 1.29 is 13.2 Å². The maximum Gasteiger partial charge on any atom is 0.282 e. The van der Waals surface area contributed by atoms with Gasteiger partial charge in [-0.3, -0.25) is 10.2 Å². The van der Waals surface area contributed by atoms with Gasteiger partial charge in [0.15, 0.2) is 0 Å². The van der Waals surface area contributed by atoms with Crippen molar-refractivity contribution in [2.45, 2.75) is 30.8 Å². The smallest absolute Gasteiger partial charge is 0.282 e. The van der Waals surface area contributed by atoms with Crippen LogP contribution in [0.2, 0.25) is 0 Å². The Morgan fingerprint density at radius 3 is 2.03 bits per heavy atom. The molecule has 2 N–H and O–H groups in total. The van der Waals surface area contributed by atoms with E-state index in [1.807, 2.05) is 65.7 Å². The monoisotopic (exact) mass is 438 g/mol. The SMILES string of the molecule is O=C(NN(Cc1ccccc1)Cc1ccccc1)c1cc(S(=O)(=O)N2CCCC2)c[nH]1. The van der Waals surface area contributed by atoms with Crippen LogP contribution in [0, 0.1) is 0 Å². The first-order valence-electron chi connectivity index (χ1n) is 10.3. The Hall–Kier alpha value is -2.94. The van der Waals surface area contributed by atoms with Gasteiger partial charge in [0.25, 0.3) is 5.91 Å². The minimum atomic E-state index is -3.57. The molecular weight excluding hydrogens is 412 g/mol. The molecule has 1 aliphatic rings. The Morgan fingerprint density at radius 1 is 0.935 bits per heavy atom. The molecule has 0 bridgehead atoms. The topological polar surface area (TPSA) is 85.5 Å². The predicted octanol–water partition coefficient (Wildman–Crippen LogP) is 3.15. The van der Waals surface area contributed by atoms with Gasteiger partial charge in [-0.05, 0) is 30.0 Å². The van der Waals surface area contributed by atoms with Crippen LogP contribution in [0.4, 0.5) is 0 Å². The normalized spacial score (nSPS) is 14.7. The number of nitrogens with zero attached hydrogens (tertiary/aromatic N) is 2. The Kier molecular flexibility index (Phi) is 6.50. The molecule has 3 aromatic rings. The average molecular weight is 439 g/mol. The van der Waals surface area contributed by atoms with Gasteiger partial charge >= 0.3 is 0 Å². The highest BCUT2D eigenvalue weighted by Crippen LogP contribution is 2.21. The Labute approximate surface area is 182 Å². The van der Waals surface area contributed by atoms with Crippen LogP contribution in [-0.2, 0) is 23.1 Å². The van der Waals surface area contributed by atoms with Crippen LogP contribution < -0.4 is 5.43 Å². The third kappa shape index (κ3) is 5.22. The lowest BCUT2D eigenvalue weighted by molar-refractivity contribution is 0.0754. The van der Waals surface area contributed by atoms with Gasteiger partial charge in [-0.2, -0.15) is 4.31 Å². The molecule has 0 atom stereocenters. The fraction of sp³-hybridized carbons (Fsp3) is 0.261. The van der Waals surface area contributed by atoms with Crippen LogP contribution in [0.5, 0.6) is 0 Å². The molecule has 1 saturated heterocycles. The maximum atomic E-state index is 12.9. The van der Waals surface area contributed by atoms with Crippen molar-refractivity contribution in [2.75, 3.05) is 13.1 Å². The van der Waals surface area contributed by atoms with Gasteiger partial charge in [0, 0.05) is 32.4 Å². The molecular formula is C23H26N4O3S. The Morgan fingerprint density at radius 2 is 1.48 bits per heavy atom. The van der Waals surface area contributed by atoms with E-state index < -0.39 is 10.0 Å². The predicted molar refractivity (Wildman–Crippen MR) is 118 cm³/mol. The molecule has 2 heterocycles. The van der Waals surface area contributed by atoms with Crippen LogP contribution in [0.3, 0.4) is 0 Å². The molecule has 1 fully saturated rings. The average Bonchev–Trinajstić information content (AvgIpc) is 3.48. The van der Waals surface area contributed by atoms with Gasteiger partial charge in [-0.25, -0.2) is 13.4 Å². The molecule has 2 aromatic carbocycles. The molecule has 31 heavy (non-hydrogen) atoms. The number of carbonyl (C=O) groups excluding carboxylic acids is 1. The summed E-state index contributed by atoms with van der Waals surface area (Å²) in [6.07, 6.45) is 3.12. The van der Waals surface area contributed by atoms with E-state index in [2.05, 4.69) is 10.4 Å². The van der Waals surface area contributed by atoms with E-state index in [9.17, 15) is 13.2 Å². The van der Waals surface area contributed by atoms with E-state index in [1.165, 1.54) is 16.6 Å². The number of rotatable bonds is 8. The van der Waals surface area contributed by atoms with Crippen molar-refractivity contribution in [3.8, 4) is 0 Å². The summed E-state index contributed by atoms with van der Waals surface area (Å²) in [5.41, 5.74) is 5.25. The molecule has 1 amide bonds. The first-order chi connectivity index (χ1) is 15.0. The molecule has 162 valence electrons. The van der Waals surface area contributed by atoms with E-state index in [-0.39, 0.29) is 16.5 Å². The quantitative estimate of drug-likeness (QED) is 0.529. The summed E-state index contributed by atoms with van der Waals surface area (Å²) in [6, 6.07) is 21.1. The lowest BCUT2D eigenvalue weighted by atomic mass is 10.2. The zero-order valence-electron chi connectivity index (χ0n) is 17.2. The standard InChI is InChI=1S/C23H26N4O3S/c28-23(22-15-21(16-24-22)31(29,30)27-13-7-8-14-27)25-26(17-19-9-3-1-4-10-19)18-20-11-5-2-6-12-20/h1-6,9-12,15-16,24H,7-8,13-14,17-18H2,(H,25,28). The lowest BCUT2D eigenvalue weighted by Gasteiger charge is -2.23. The molecule has 0 unspecified atom stereocenters. The lowest BCUT2D eigenvalue weighted by Crippen LogP contribution is -2.41. The fourth-order valence-corrected chi connectivity index (χ4v) is 5.19. The van der Waals surface area contributed by atoms with E-state index in [4.69, 9.17) is 0 Å². The fourth-order valence-electron chi connectivity index (χ4n) is 3.68. The van der Waals surface area contributed by atoms with Crippen molar-refractivity contribution in [2.24, 2.45) is 0 Å². The van der Waals surface area contributed by atoms with Gasteiger partial charge in [0.1, 0.15) is 10.6 Å². The summed E-state index contributed by atoms with van der Waals surface area (Å²) in [5, 5.41) is 1.82. The third-order valence-electron chi connectivity index (χ3n) is 5.30. The number of benzene rings is 2. The number of aromatic nitrogens is 1.